The van der Waals surface area contributed by atoms with Crippen LogP contribution in [0, 0.1) is 0 Å². The van der Waals surface area contributed by atoms with Crippen LogP contribution in [0.25, 0.3) is 0 Å². The van der Waals surface area contributed by atoms with E-state index in [0.29, 0.717) is 6.42 Å². The van der Waals surface area contributed by atoms with Gasteiger partial charge in [-0.1, -0.05) is 0 Å². The van der Waals surface area contributed by atoms with Crippen molar-refractivity contribution in [3.8, 4) is 0 Å². The van der Waals surface area contributed by atoms with E-state index in [1.165, 1.54) is 12.0 Å². The number of nitrogens with zero attached hydrogens (tertiary/aromatic N) is 1. The predicted octanol–water partition coefficient (Wildman–Crippen LogP) is -1.00. The van der Waals surface area contributed by atoms with Crippen LogP contribution in [0.1, 0.15) is 12.8 Å². The Kier molecular flexibility index (Phi) is 4.91. The van der Waals surface area contributed by atoms with Crippen molar-refractivity contribution in [1.82, 2.24) is 4.90 Å². The zero-order chi connectivity index (χ0) is 13.1. The Hall–Kier alpha value is -0.660. The molecule has 6 nitrogen and oxygen atoms in total. The number of amides is 1. The second kappa shape index (κ2) is 5.79. The monoisotopic (exact) mass is 264 g/mol. The average molecular weight is 264 g/mol. The highest BCUT2D eigenvalue weighted by atomic mass is 32.2. The van der Waals surface area contributed by atoms with Crippen molar-refractivity contribution in [2.45, 2.75) is 25.0 Å². The molecule has 100 valence electrons. The first-order valence-electron chi connectivity index (χ1n) is 5.58. The first kappa shape index (κ1) is 14.4. The second-order valence-corrected chi connectivity index (χ2v) is 6.59. The molecule has 1 fully saturated rings. The van der Waals surface area contributed by atoms with Crippen molar-refractivity contribution in [3.63, 3.8) is 0 Å². The summed E-state index contributed by atoms with van der Waals surface area (Å²) in [6.45, 7) is 0.277. The molecule has 17 heavy (non-hydrogen) atoms. The number of carbonyl (C=O) groups is 1. The number of ether oxygens (including phenoxy) is 1. The molecule has 0 radical (unpaired) electrons. The standard InChI is InChI=1S/C10H20N2O4S/c1-12(8-3-4-17(14,15)7-8)10(13)5-9(6-11)16-2/h8-9H,3-7,11H2,1-2H3. The summed E-state index contributed by atoms with van der Waals surface area (Å²) in [5.74, 6) is 0.111. The molecule has 0 aromatic carbocycles. The maximum atomic E-state index is 11.9. The highest BCUT2D eigenvalue weighted by molar-refractivity contribution is 7.91. The van der Waals surface area contributed by atoms with Crippen molar-refractivity contribution < 1.29 is 17.9 Å². The van der Waals surface area contributed by atoms with Crippen LogP contribution in [-0.4, -0.2) is 63.6 Å². The highest BCUT2D eigenvalue weighted by Gasteiger charge is 2.33. The fourth-order valence-electron chi connectivity index (χ4n) is 1.89. The molecule has 0 saturated carbocycles. The summed E-state index contributed by atoms with van der Waals surface area (Å²) in [6, 6.07) is -0.206. The molecule has 2 unspecified atom stereocenters. The summed E-state index contributed by atoms with van der Waals surface area (Å²) < 4.78 is 27.7. The lowest BCUT2D eigenvalue weighted by Crippen LogP contribution is -2.40. The van der Waals surface area contributed by atoms with Gasteiger partial charge in [0.1, 0.15) is 0 Å². The third-order valence-corrected chi connectivity index (χ3v) is 4.90. The number of hydrogen-bond acceptors (Lipinski definition) is 5. The average Bonchev–Trinajstić information content (AvgIpc) is 2.65. The van der Waals surface area contributed by atoms with Crippen LogP contribution in [0.5, 0.6) is 0 Å². The van der Waals surface area contributed by atoms with Crippen LogP contribution in [0.4, 0.5) is 0 Å². The molecule has 0 bridgehead atoms. The Morgan fingerprint density at radius 1 is 1.59 bits per heavy atom. The minimum Gasteiger partial charge on any atom is -0.380 e. The van der Waals surface area contributed by atoms with E-state index in [0.717, 1.165) is 0 Å². The topological polar surface area (TPSA) is 89.7 Å². The number of rotatable bonds is 5. The molecule has 0 aromatic rings. The summed E-state index contributed by atoms with van der Waals surface area (Å²) in [5, 5.41) is 0. The first-order valence-corrected chi connectivity index (χ1v) is 7.40. The summed E-state index contributed by atoms with van der Waals surface area (Å²) in [5.41, 5.74) is 5.44. The number of carbonyl (C=O) groups excluding carboxylic acids is 1. The molecule has 1 rings (SSSR count). The van der Waals surface area contributed by atoms with Crippen LogP contribution in [0.2, 0.25) is 0 Å². The van der Waals surface area contributed by atoms with Crippen molar-refractivity contribution in [2.24, 2.45) is 5.73 Å². The number of hydrogen-bond donors (Lipinski definition) is 1. The van der Waals surface area contributed by atoms with Gasteiger partial charge >= 0.3 is 0 Å². The Balaban J connectivity index is 2.53. The van der Waals surface area contributed by atoms with Crippen LogP contribution in [0.15, 0.2) is 0 Å². The predicted molar refractivity (Wildman–Crippen MR) is 64.3 cm³/mol. The largest absolute Gasteiger partial charge is 0.380 e. The quantitative estimate of drug-likeness (QED) is 0.687. The lowest BCUT2D eigenvalue weighted by atomic mass is 10.2. The molecule has 7 heteroatoms. The molecule has 1 heterocycles. The molecule has 1 aliphatic heterocycles. The summed E-state index contributed by atoms with van der Waals surface area (Å²) >= 11 is 0. The van der Waals surface area contributed by atoms with Crippen molar-refractivity contribution in [3.05, 3.63) is 0 Å². The maximum Gasteiger partial charge on any atom is 0.225 e. The van der Waals surface area contributed by atoms with Gasteiger partial charge in [0.2, 0.25) is 5.91 Å². The summed E-state index contributed by atoms with van der Waals surface area (Å²) in [7, 11) is 0.177. The minimum absolute atomic E-state index is 0.0650. The van der Waals surface area contributed by atoms with Gasteiger partial charge in [-0.2, -0.15) is 0 Å². The van der Waals surface area contributed by atoms with Crippen LogP contribution < -0.4 is 5.73 Å². The molecular weight excluding hydrogens is 244 g/mol. The SMILES string of the molecule is COC(CN)CC(=O)N(C)C1CCS(=O)(=O)C1. The number of methoxy groups -OCH3 is 1. The maximum absolute atomic E-state index is 11.9. The molecule has 0 aromatic heterocycles. The summed E-state index contributed by atoms with van der Waals surface area (Å²) in [4.78, 5) is 13.4. The van der Waals surface area contributed by atoms with Gasteiger partial charge in [0.05, 0.1) is 24.0 Å². The number of nitrogens with two attached hydrogens (primary N) is 1. The lowest BCUT2D eigenvalue weighted by molar-refractivity contribution is -0.133. The van der Waals surface area contributed by atoms with Gasteiger partial charge < -0.3 is 15.4 Å². The number of sulfone groups is 1. The molecule has 1 aliphatic rings. The molecular formula is C10H20N2O4S. The lowest BCUT2D eigenvalue weighted by Gasteiger charge is -2.25. The normalized spacial score (nSPS) is 24.5. The van der Waals surface area contributed by atoms with Gasteiger partial charge in [0, 0.05) is 26.7 Å². The third kappa shape index (κ3) is 3.93. The van der Waals surface area contributed by atoms with Crippen LogP contribution in [-0.2, 0) is 19.4 Å². The van der Waals surface area contributed by atoms with E-state index >= 15 is 0 Å². The van der Waals surface area contributed by atoms with Gasteiger partial charge in [0.15, 0.2) is 9.84 Å². The fourth-order valence-corrected chi connectivity index (χ4v) is 3.66. The zero-order valence-corrected chi connectivity index (χ0v) is 11.1. The van der Waals surface area contributed by atoms with Crippen molar-refractivity contribution in [1.29, 1.82) is 0 Å². The Bertz CT molecular complexity index is 365. The van der Waals surface area contributed by atoms with E-state index in [2.05, 4.69) is 0 Å². The molecule has 0 spiro atoms. The van der Waals surface area contributed by atoms with Crippen molar-refractivity contribution in [2.75, 3.05) is 32.2 Å². The van der Waals surface area contributed by atoms with Gasteiger partial charge in [-0.15, -0.1) is 0 Å². The second-order valence-electron chi connectivity index (χ2n) is 4.36. The first-order chi connectivity index (χ1) is 7.89. The Morgan fingerprint density at radius 3 is 2.65 bits per heavy atom. The molecule has 0 aliphatic carbocycles. The minimum atomic E-state index is -2.96. The van der Waals surface area contributed by atoms with E-state index < -0.39 is 9.84 Å². The van der Waals surface area contributed by atoms with Crippen LogP contribution in [0.3, 0.4) is 0 Å². The zero-order valence-electron chi connectivity index (χ0n) is 10.3. The van der Waals surface area contributed by atoms with Gasteiger partial charge in [-0.25, -0.2) is 8.42 Å². The highest BCUT2D eigenvalue weighted by Crippen LogP contribution is 2.17. The fraction of sp³-hybridized carbons (Fsp3) is 0.900. The van der Waals surface area contributed by atoms with Crippen molar-refractivity contribution >= 4 is 15.7 Å². The van der Waals surface area contributed by atoms with Crippen LogP contribution >= 0.6 is 0 Å². The van der Waals surface area contributed by atoms with E-state index in [-0.39, 0.29) is 42.5 Å². The molecule has 1 amide bonds. The Morgan fingerprint density at radius 2 is 2.24 bits per heavy atom. The smallest absolute Gasteiger partial charge is 0.225 e. The Labute approximate surface area is 102 Å². The molecule has 2 atom stereocenters. The van der Waals surface area contributed by atoms with Gasteiger partial charge in [-0.05, 0) is 6.42 Å². The third-order valence-electron chi connectivity index (χ3n) is 3.15. The molecule has 2 N–H and O–H groups in total. The van der Waals surface area contributed by atoms with E-state index in [1.807, 2.05) is 0 Å². The van der Waals surface area contributed by atoms with Gasteiger partial charge in [0.25, 0.3) is 0 Å². The van der Waals surface area contributed by atoms with Gasteiger partial charge in [-0.3, -0.25) is 4.79 Å². The van der Waals surface area contributed by atoms with E-state index in [1.54, 1.807) is 7.05 Å². The summed E-state index contributed by atoms with van der Waals surface area (Å²) in [6.07, 6.45) is 0.410. The van der Waals surface area contributed by atoms with E-state index in [9.17, 15) is 13.2 Å². The molecule has 1 saturated heterocycles. The van der Waals surface area contributed by atoms with E-state index in [4.69, 9.17) is 10.5 Å².